The van der Waals surface area contributed by atoms with E-state index in [2.05, 4.69) is 15.0 Å². The maximum atomic E-state index is 15.6. The summed E-state index contributed by atoms with van der Waals surface area (Å²) in [6, 6.07) is 12.0. The number of nitrogens with zero attached hydrogens (tertiary/aromatic N) is 3. The largest absolute Gasteiger partial charge is 0.491 e. The van der Waals surface area contributed by atoms with Gasteiger partial charge in [0.15, 0.2) is 0 Å². The van der Waals surface area contributed by atoms with Gasteiger partial charge in [-0.2, -0.15) is 0 Å². The SMILES string of the molecule is Nc1nc2cc(C(=O)N(Cc3ccc(-c4c(F)cccc4F)cc3F)[C@@H]3CCOc4cccnc43)[nH]c2c2c1COC2. The van der Waals surface area contributed by atoms with Crippen LogP contribution in [0.2, 0.25) is 0 Å². The standard InChI is InChI=1S/C31H24F3N5O3/c32-20-3-1-4-21(33)27(20)16-6-7-17(22(34)11-16)13-39(25-8-10-42-26-5-2-9-36-29(25)26)31(40)24-12-23-28(37-24)18-14-41-15-19(18)30(35)38-23/h1-7,9,11-12,25,37H,8,10,13-15H2,(H2,35,38)/t25-/m1/s1. The van der Waals surface area contributed by atoms with Gasteiger partial charge in [0, 0.05) is 35.9 Å². The molecule has 2 aromatic carbocycles. The van der Waals surface area contributed by atoms with Crippen molar-refractivity contribution in [2.24, 2.45) is 0 Å². The molecule has 0 spiro atoms. The summed E-state index contributed by atoms with van der Waals surface area (Å²) in [6.07, 6.45) is 2.03. The Hall–Kier alpha value is -4.90. The number of pyridine rings is 2. The van der Waals surface area contributed by atoms with Gasteiger partial charge in [0.2, 0.25) is 0 Å². The first-order valence-corrected chi connectivity index (χ1v) is 13.4. The highest BCUT2D eigenvalue weighted by molar-refractivity contribution is 5.98. The van der Waals surface area contributed by atoms with E-state index in [0.29, 0.717) is 54.5 Å². The zero-order chi connectivity index (χ0) is 29.0. The van der Waals surface area contributed by atoms with Crippen molar-refractivity contribution in [1.82, 2.24) is 19.9 Å². The Labute approximate surface area is 237 Å². The Balaban J connectivity index is 1.30. The quantitative estimate of drug-likeness (QED) is 0.275. The minimum atomic E-state index is -0.797. The molecule has 5 aromatic rings. The third-order valence-electron chi connectivity index (χ3n) is 7.78. The van der Waals surface area contributed by atoms with E-state index in [1.165, 1.54) is 23.1 Å². The second kappa shape index (κ2) is 10.2. The van der Waals surface area contributed by atoms with Crippen molar-refractivity contribution in [2.75, 3.05) is 12.3 Å². The molecular weight excluding hydrogens is 547 g/mol. The van der Waals surface area contributed by atoms with E-state index in [1.807, 2.05) is 0 Å². The highest BCUT2D eigenvalue weighted by Gasteiger charge is 2.34. The van der Waals surface area contributed by atoms with E-state index < -0.39 is 29.4 Å². The minimum absolute atomic E-state index is 0.0539. The van der Waals surface area contributed by atoms with Crippen LogP contribution < -0.4 is 10.5 Å². The number of H-pyrrole nitrogens is 1. The van der Waals surface area contributed by atoms with Crippen molar-refractivity contribution in [1.29, 1.82) is 0 Å². The van der Waals surface area contributed by atoms with Gasteiger partial charge in [0.25, 0.3) is 5.91 Å². The Morgan fingerprint density at radius 1 is 1.02 bits per heavy atom. The summed E-state index contributed by atoms with van der Waals surface area (Å²) < 4.78 is 55.7. The average molecular weight is 572 g/mol. The lowest BCUT2D eigenvalue weighted by atomic mass is 10.00. The molecule has 0 radical (unpaired) electrons. The second-order valence-electron chi connectivity index (χ2n) is 10.3. The fourth-order valence-corrected chi connectivity index (χ4v) is 5.72. The number of rotatable bonds is 5. The van der Waals surface area contributed by atoms with Gasteiger partial charge >= 0.3 is 0 Å². The van der Waals surface area contributed by atoms with E-state index in [9.17, 15) is 13.6 Å². The van der Waals surface area contributed by atoms with Gasteiger partial charge in [-0.25, -0.2) is 18.2 Å². The molecule has 0 saturated carbocycles. The van der Waals surface area contributed by atoms with Crippen LogP contribution in [0, 0.1) is 17.5 Å². The number of benzene rings is 2. The summed E-state index contributed by atoms with van der Waals surface area (Å²) in [6.45, 7) is 0.872. The molecule has 0 unspecified atom stereocenters. The summed E-state index contributed by atoms with van der Waals surface area (Å²) in [5, 5.41) is 0. The lowest BCUT2D eigenvalue weighted by Crippen LogP contribution is -2.38. The predicted molar refractivity (Wildman–Crippen MR) is 148 cm³/mol. The molecule has 5 heterocycles. The molecule has 1 amide bonds. The van der Waals surface area contributed by atoms with Crippen LogP contribution in [0.4, 0.5) is 19.0 Å². The molecule has 212 valence electrons. The van der Waals surface area contributed by atoms with E-state index in [-0.39, 0.29) is 28.9 Å². The first-order chi connectivity index (χ1) is 20.4. The Kier molecular flexibility index (Phi) is 6.31. The van der Waals surface area contributed by atoms with Crippen LogP contribution in [-0.4, -0.2) is 32.4 Å². The normalized spacial score (nSPS) is 15.7. The van der Waals surface area contributed by atoms with Crippen molar-refractivity contribution in [3.63, 3.8) is 0 Å². The van der Waals surface area contributed by atoms with Crippen LogP contribution in [-0.2, 0) is 24.5 Å². The van der Waals surface area contributed by atoms with Crippen LogP contribution in [0.5, 0.6) is 5.75 Å². The van der Waals surface area contributed by atoms with Crippen molar-refractivity contribution in [3.8, 4) is 16.9 Å². The van der Waals surface area contributed by atoms with E-state index in [1.54, 1.807) is 24.4 Å². The van der Waals surface area contributed by atoms with Gasteiger partial charge in [-0.05, 0) is 42.0 Å². The number of nitrogen functional groups attached to an aromatic ring is 1. The van der Waals surface area contributed by atoms with Gasteiger partial charge < -0.3 is 25.1 Å². The van der Waals surface area contributed by atoms with E-state index in [0.717, 1.165) is 29.3 Å². The molecule has 42 heavy (non-hydrogen) atoms. The van der Waals surface area contributed by atoms with E-state index >= 15 is 4.39 Å². The van der Waals surface area contributed by atoms with Crippen LogP contribution in [0.25, 0.3) is 22.2 Å². The highest BCUT2D eigenvalue weighted by Crippen LogP contribution is 2.38. The first kappa shape index (κ1) is 26.0. The van der Waals surface area contributed by atoms with Gasteiger partial charge in [-0.15, -0.1) is 0 Å². The second-order valence-corrected chi connectivity index (χ2v) is 10.3. The maximum absolute atomic E-state index is 15.6. The third-order valence-corrected chi connectivity index (χ3v) is 7.78. The number of hydrogen-bond donors (Lipinski definition) is 2. The van der Waals surface area contributed by atoms with Gasteiger partial charge in [-0.3, -0.25) is 9.78 Å². The summed E-state index contributed by atoms with van der Waals surface area (Å²) in [4.78, 5) is 27.9. The molecule has 3 aromatic heterocycles. The fourth-order valence-electron chi connectivity index (χ4n) is 5.72. The Bertz CT molecular complexity index is 1850. The molecule has 3 N–H and O–H groups in total. The molecule has 1 atom stereocenters. The average Bonchev–Trinajstić information content (AvgIpc) is 3.64. The number of anilines is 1. The van der Waals surface area contributed by atoms with Crippen LogP contribution in [0.15, 0.2) is 60.8 Å². The van der Waals surface area contributed by atoms with Gasteiger partial charge in [-0.1, -0.05) is 18.2 Å². The third kappa shape index (κ3) is 4.33. The topological polar surface area (TPSA) is 106 Å². The summed E-state index contributed by atoms with van der Waals surface area (Å²) in [5.41, 5.74) is 9.65. The number of aromatic amines is 1. The molecule has 0 bridgehead atoms. The van der Waals surface area contributed by atoms with Gasteiger partial charge in [0.1, 0.15) is 40.4 Å². The van der Waals surface area contributed by atoms with E-state index in [4.69, 9.17) is 15.2 Å². The van der Waals surface area contributed by atoms with Crippen LogP contribution in [0.1, 0.15) is 45.3 Å². The summed E-state index contributed by atoms with van der Waals surface area (Å²) in [7, 11) is 0. The monoisotopic (exact) mass is 571 g/mol. The zero-order valence-corrected chi connectivity index (χ0v) is 22.2. The molecule has 2 aliphatic rings. The number of fused-ring (bicyclic) bond motifs is 4. The van der Waals surface area contributed by atoms with Crippen molar-refractivity contribution in [2.45, 2.75) is 32.2 Å². The summed E-state index contributed by atoms with van der Waals surface area (Å²) in [5.74, 6) is -1.82. The lowest BCUT2D eigenvalue weighted by Gasteiger charge is -2.35. The van der Waals surface area contributed by atoms with Crippen molar-refractivity contribution < 1.29 is 27.4 Å². The number of nitrogens with one attached hydrogen (secondary N) is 1. The van der Waals surface area contributed by atoms with Crippen LogP contribution in [0.3, 0.4) is 0 Å². The molecule has 0 aliphatic carbocycles. The number of aromatic nitrogens is 3. The van der Waals surface area contributed by atoms with Crippen molar-refractivity contribution >= 4 is 22.8 Å². The minimum Gasteiger partial charge on any atom is -0.491 e. The lowest BCUT2D eigenvalue weighted by molar-refractivity contribution is 0.0587. The highest BCUT2D eigenvalue weighted by atomic mass is 19.1. The number of carbonyl (C=O) groups excluding carboxylic acids is 1. The number of ether oxygens (including phenoxy) is 2. The van der Waals surface area contributed by atoms with Crippen molar-refractivity contribution in [3.05, 3.63) is 106 Å². The van der Waals surface area contributed by atoms with Crippen LogP contribution >= 0.6 is 0 Å². The Morgan fingerprint density at radius 2 is 1.83 bits per heavy atom. The predicted octanol–water partition coefficient (Wildman–Crippen LogP) is 5.82. The number of nitrogens with two attached hydrogens (primary N) is 1. The number of amides is 1. The molecular formula is C31H24F3N5O3. The molecule has 7 rings (SSSR count). The molecule has 11 heteroatoms. The number of hydrogen-bond acceptors (Lipinski definition) is 6. The Morgan fingerprint density at radius 3 is 2.64 bits per heavy atom. The maximum Gasteiger partial charge on any atom is 0.271 e. The smallest absolute Gasteiger partial charge is 0.271 e. The molecule has 8 nitrogen and oxygen atoms in total. The summed E-state index contributed by atoms with van der Waals surface area (Å²) >= 11 is 0. The molecule has 2 aliphatic heterocycles. The van der Waals surface area contributed by atoms with Gasteiger partial charge in [0.05, 0.1) is 42.5 Å². The zero-order valence-electron chi connectivity index (χ0n) is 22.2. The molecule has 0 fully saturated rings. The first-order valence-electron chi connectivity index (χ1n) is 13.4. The molecule has 0 saturated heterocycles. The number of halogens is 3. The number of carbonyl (C=O) groups is 1. The fraction of sp³-hybridized carbons (Fsp3) is 0.194.